The molecule has 1 fully saturated rings. The number of nitrogens with zero attached hydrogens (tertiary/aromatic N) is 4. The smallest absolute Gasteiger partial charge is 0.341 e. The largest absolute Gasteiger partial charge is 0.477 e. The summed E-state index contributed by atoms with van der Waals surface area (Å²) in [6, 6.07) is 8.52. The van der Waals surface area contributed by atoms with E-state index in [4.69, 9.17) is 5.26 Å². The number of carboxylic acids is 1. The molecule has 1 N–H and O–H groups in total. The standard InChI is InChI=1S/C22H26N4O3/c1-14(2)26(21(27)17-8-4-15(3)5-9-17)20-19(22(28)29)13-25(24-20)18-10-6-16(12-23)7-11-18/h6-7,10-11,13-15,17H,4-5,8-9H2,1-3H3,(H,28,29)/t15-,17-. The number of hydrogen-bond acceptors (Lipinski definition) is 4. The zero-order chi connectivity index (χ0) is 21.1. The summed E-state index contributed by atoms with van der Waals surface area (Å²) in [6.07, 6.45) is 5.08. The quantitative estimate of drug-likeness (QED) is 0.826. The van der Waals surface area contributed by atoms with Crippen molar-refractivity contribution in [3.63, 3.8) is 0 Å². The molecular formula is C22H26N4O3. The van der Waals surface area contributed by atoms with Crippen molar-refractivity contribution in [2.75, 3.05) is 4.90 Å². The predicted octanol–water partition coefficient (Wildman–Crippen LogP) is 4.01. The van der Waals surface area contributed by atoms with Crippen LogP contribution in [0.5, 0.6) is 0 Å². The normalized spacial score (nSPS) is 19.0. The molecule has 1 amide bonds. The highest BCUT2D eigenvalue weighted by Crippen LogP contribution is 2.32. The minimum Gasteiger partial charge on any atom is -0.477 e. The number of carbonyl (C=O) groups is 2. The maximum Gasteiger partial charge on any atom is 0.341 e. The molecule has 7 heteroatoms. The van der Waals surface area contributed by atoms with Crippen LogP contribution < -0.4 is 4.90 Å². The van der Waals surface area contributed by atoms with Crippen LogP contribution in [0.15, 0.2) is 30.5 Å². The first-order chi connectivity index (χ1) is 13.8. The second-order valence-corrected chi connectivity index (χ2v) is 8.03. The number of nitriles is 1. The van der Waals surface area contributed by atoms with Gasteiger partial charge in [0, 0.05) is 18.2 Å². The van der Waals surface area contributed by atoms with E-state index < -0.39 is 5.97 Å². The van der Waals surface area contributed by atoms with Crippen LogP contribution >= 0.6 is 0 Å². The summed E-state index contributed by atoms with van der Waals surface area (Å²) in [5.74, 6) is -0.498. The number of aromatic nitrogens is 2. The number of carbonyl (C=O) groups excluding carboxylic acids is 1. The fraction of sp³-hybridized carbons (Fsp3) is 0.455. The fourth-order valence-electron chi connectivity index (χ4n) is 3.82. The average Bonchev–Trinajstić information content (AvgIpc) is 3.13. The molecule has 1 aromatic heterocycles. The van der Waals surface area contributed by atoms with E-state index in [2.05, 4.69) is 18.1 Å². The van der Waals surface area contributed by atoms with Gasteiger partial charge >= 0.3 is 5.97 Å². The van der Waals surface area contributed by atoms with Gasteiger partial charge in [-0.15, -0.1) is 5.10 Å². The molecule has 0 atom stereocenters. The first kappa shape index (κ1) is 20.6. The van der Waals surface area contributed by atoms with Crippen molar-refractivity contribution in [1.82, 2.24) is 9.78 Å². The Morgan fingerprint density at radius 2 is 1.83 bits per heavy atom. The van der Waals surface area contributed by atoms with E-state index in [-0.39, 0.29) is 29.2 Å². The van der Waals surface area contributed by atoms with Gasteiger partial charge in [-0.25, -0.2) is 9.48 Å². The van der Waals surface area contributed by atoms with Gasteiger partial charge in [-0.05, 0) is 69.7 Å². The topological polar surface area (TPSA) is 99.2 Å². The lowest BCUT2D eigenvalue weighted by Crippen LogP contribution is -2.43. The third-order valence-corrected chi connectivity index (χ3v) is 5.53. The average molecular weight is 394 g/mol. The van der Waals surface area contributed by atoms with Crippen LogP contribution in [0, 0.1) is 23.2 Å². The van der Waals surface area contributed by atoms with Gasteiger partial charge in [-0.3, -0.25) is 9.69 Å². The van der Waals surface area contributed by atoms with E-state index in [1.165, 1.54) is 15.8 Å². The number of anilines is 1. The molecule has 7 nitrogen and oxygen atoms in total. The summed E-state index contributed by atoms with van der Waals surface area (Å²) in [4.78, 5) is 26.7. The Labute approximate surface area is 170 Å². The van der Waals surface area contributed by atoms with Gasteiger partial charge in [0.2, 0.25) is 5.91 Å². The van der Waals surface area contributed by atoms with Crippen LogP contribution in [0.1, 0.15) is 62.4 Å². The minimum atomic E-state index is -1.13. The van der Waals surface area contributed by atoms with Crippen molar-refractivity contribution in [2.24, 2.45) is 11.8 Å². The molecule has 0 aliphatic heterocycles. The summed E-state index contributed by atoms with van der Waals surface area (Å²) < 4.78 is 1.45. The molecule has 3 rings (SSSR count). The third-order valence-electron chi connectivity index (χ3n) is 5.53. The molecule has 152 valence electrons. The first-order valence-electron chi connectivity index (χ1n) is 9.98. The lowest BCUT2D eigenvalue weighted by Gasteiger charge is -2.32. The molecule has 1 saturated carbocycles. The second-order valence-electron chi connectivity index (χ2n) is 8.03. The summed E-state index contributed by atoms with van der Waals surface area (Å²) in [5.41, 5.74) is 1.12. The van der Waals surface area contributed by atoms with Gasteiger partial charge < -0.3 is 5.11 Å². The Balaban J connectivity index is 1.99. The summed E-state index contributed by atoms with van der Waals surface area (Å²) in [7, 11) is 0. The zero-order valence-corrected chi connectivity index (χ0v) is 17.0. The Hall–Kier alpha value is -3.14. The Bertz CT molecular complexity index is 932. The lowest BCUT2D eigenvalue weighted by molar-refractivity contribution is -0.123. The molecule has 0 saturated heterocycles. The van der Waals surface area contributed by atoms with E-state index in [0.717, 1.165) is 25.7 Å². The van der Waals surface area contributed by atoms with Gasteiger partial charge in [0.1, 0.15) is 5.56 Å². The number of hydrogen-bond donors (Lipinski definition) is 1. The summed E-state index contributed by atoms with van der Waals surface area (Å²) >= 11 is 0. The van der Waals surface area contributed by atoms with Crippen LogP contribution in [0.25, 0.3) is 5.69 Å². The van der Waals surface area contributed by atoms with Gasteiger partial charge in [0.05, 0.1) is 17.3 Å². The SMILES string of the molecule is CC(C)N(c1nn(-c2ccc(C#N)cc2)cc1C(=O)O)C(=O)[C@H]1CC[C@H](C)CC1. The van der Waals surface area contributed by atoms with Crippen LogP contribution in [0.2, 0.25) is 0 Å². The van der Waals surface area contributed by atoms with Crippen molar-refractivity contribution in [3.05, 3.63) is 41.6 Å². The zero-order valence-electron chi connectivity index (χ0n) is 17.0. The highest BCUT2D eigenvalue weighted by Gasteiger charge is 2.34. The molecule has 1 aromatic carbocycles. The van der Waals surface area contributed by atoms with Gasteiger partial charge in [-0.1, -0.05) is 6.92 Å². The maximum atomic E-state index is 13.3. The summed E-state index contributed by atoms with van der Waals surface area (Å²) in [6.45, 7) is 5.94. The van der Waals surface area contributed by atoms with E-state index in [0.29, 0.717) is 17.2 Å². The van der Waals surface area contributed by atoms with Crippen molar-refractivity contribution in [2.45, 2.75) is 52.5 Å². The maximum absolute atomic E-state index is 13.3. The molecule has 1 aliphatic carbocycles. The third kappa shape index (κ3) is 4.32. The molecule has 0 bridgehead atoms. The van der Waals surface area contributed by atoms with Crippen LogP contribution in [0.3, 0.4) is 0 Å². The van der Waals surface area contributed by atoms with Gasteiger partial charge in [-0.2, -0.15) is 5.26 Å². The molecule has 0 spiro atoms. The van der Waals surface area contributed by atoms with E-state index >= 15 is 0 Å². The monoisotopic (exact) mass is 394 g/mol. The molecule has 0 radical (unpaired) electrons. The Kier molecular flexibility index (Phi) is 6.02. The van der Waals surface area contributed by atoms with Crippen LogP contribution in [0.4, 0.5) is 5.82 Å². The van der Waals surface area contributed by atoms with Crippen molar-refractivity contribution in [1.29, 1.82) is 5.26 Å². The van der Waals surface area contributed by atoms with Gasteiger partial charge in [0.15, 0.2) is 5.82 Å². The Morgan fingerprint density at radius 1 is 1.21 bits per heavy atom. The highest BCUT2D eigenvalue weighted by molar-refractivity contribution is 6.01. The number of benzene rings is 1. The predicted molar refractivity (Wildman–Crippen MR) is 109 cm³/mol. The molecule has 2 aromatic rings. The number of amides is 1. The second kappa shape index (κ2) is 8.48. The highest BCUT2D eigenvalue weighted by atomic mass is 16.4. The number of rotatable bonds is 5. The molecule has 0 unspecified atom stereocenters. The molecule has 1 heterocycles. The van der Waals surface area contributed by atoms with Crippen molar-refractivity contribution in [3.8, 4) is 11.8 Å². The van der Waals surface area contributed by atoms with Crippen LogP contribution in [-0.2, 0) is 4.79 Å². The molecule has 1 aliphatic rings. The van der Waals surface area contributed by atoms with Crippen molar-refractivity contribution >= 4 is 17.7 Å². The fourth-order valence-corrected chi connectivity index (χ4v) is 3.82. The first-order valence-corrected chi connectivity index (χ1v) is 9.98. The van der Waals surface area contributed by atoms with E-state index in [1.54, 1.807) is 24.3 Å². The van der Waals surface area contributed by atoms with Crippen LogP contribution in [-0.4, -0.2) is 32.8 Å². The minimum absolute atomic E-state index is 0.0133. The molecule has 29 heavy (non-hydrogen) atoms. The number of aromatic carboxylic acids is 1. The molecular weight excluding hydrogens is 368 g/mol. The van der Waals surface area contributed by atoms with Crippen molar-refractivity contribution < 1.29 is 14.7 Å². The number of carboxylic acid groups (broad SMARTS) is 1. The van der Waals surface area contributed by atoms with E-state index in [9.17, 15) is 14.7 Å². The van der Waals surface area contributed by atoms with Gasteiger partial charge in [0.25, 0.3) is 0 Å². The Morgan fingerprint density at radius 3 is 2.34 bits per heavy atom. The summed E-state index contributed by atoms with van der Waals surface area (Å²) in [5, 5.41) is 23.2. The lowest BCUT2D eigenvalue weighted by atomic mass is 9.82. The van der Waals surface area contributed by atoms with E-state index in [1.807, 2.05) is 13.8 Å².